The summed E-state index contributed by atoms with van der Waals surface area (Å²) in [6.07, 6.45) is 3.63. The summed E-state index contributed by atoms with van der Waals surface area (Å²) in [5.41, 5.74) is 4.94. The van der Waals surface area contributed by atoms with Crippen molar-refractivity contribution in [2.24, 2.45) is 0 Å². The van der Waals surface area contributed by atoms with Gasteiger partial charge < -0.3 is 23.8 Å². The Kier molecular flexibility index (Phi) is 8.29. The zero-order valence-electron chi connectivity index (χ0n) is 25.8. The first kappa shape index (κ1) is 29.3. The summed E-state index contributed by atoms with van der Waals surface area (Å²) in [4.78, 5) is 30.4. The molecule has 0 saturated carbocycles. The average molecular weight is 590 g/mol. The van der Waals surface area contributed by atoms with E-state index in [1.807, 2.05) is 11.0 Å². The monoisotopic (exact) mass is 589 g/mol. The minimum absolute atomic E-state index is 0.0267. The second-order valence-corrected chi connectivity index (χ2v) is 11.6. The summed E-state index contributed by atoms with van der Waals surface area (Å²) in [6, 6.07) is 30.7. The number of unbranched alkanes of at least 4 members (excludes halogenated alkanes) is 1. The molecule has 4 aromatic carbocycles. The lowest BCUT2D eigenvalue weighted by molar-refractivity contribution is -0.128. The quantitative estimate of drug-likeness (QED) is 0.167. The third-order valence-electron chi connectivity index (χ3n) is 8.87. The normalized spacial score (nSPS) is 16.1. The summed E-state index contributed by atoms with van der Waals surface area (Å²) < 4.78 is 13.4. The zero-order valence-corrected chi connectivity index (χ0v) is 25.8. The SMILES string of the molecule is COc1ccc(C(=O)N2c3ccccc3C(n3c4ccccc4c4ccccc43)CC2CCCCC(=O)N(C)C)cc1OC. The van der Waals surface area contributed by atoms with Crippen molar-refractivity contribution in [3.63, 3.8) is 0 Å². The van der Waals surface area contributed by atoms with Crippen LogP contribution in [0.2, 0.25) is 0 Å². The summed E-state index contributed by atoms with van der Waals surface area (Å²) in [6.45, 7) is 0. The van der Waals surface area contributed by atoms with Crippen molar-refractivity contribution in [3.05, 3.63) is 102 Å². The predicted octanol–water partition coefficient (Wildman–Crippen LogP) is 7.47. The van der Waals surface area contributed by atoms with Gasteiger partial charge in [-0.2, -0.15) is 0 Å². The van der Waals surface area contributed by atoms with Gasteiger partial charge in [-0.3, -0.25) is 9.59 Å². The van der Waals surface area contributed by atoms with Crippen LogP contribution in [0.1, 0.15) is 54.1 Å². The average Bonchev–Trinajstić information content (AvgIpc) is 3.39. The molecule has 0 saturated heterocycles. The van der Waals surface area contributed by atoms with Crippen LogP contribution in [-0.2, 0) is 4.79 Å². The number of fused-ring (bicyclic) bond motifs is 4. The van der Waals surface area contributed by atoms with Crippen LogP contribution in [0, 0.1) is 0 Å². The highest BCUT2D eigenvalue weighted by molar-refractivity contribution is 6.09. The van der Waals surface area contributed by atoms with E-state index in [4.69, 9.17) is 9.47 Å². The molecule has 6 rings (SSSR count). The Balaban J connectivity index is 1.45. The summed E-state index contributed by atoms with van der Waals surface area (Å²) in [7, 11) is 6.75. The third-order valence-corrected chi connectivity index (χ3v) is 8.87. The largest absolute Gasteiger partial charge is 0.493 e. The Hall–Kier alpha value is -4.78. The Morgan fingerprint density at radius 3 is 2.09 bits per heavy atom. The van der Waals surface area contributed by atoms with Crippen molar-refractivity contribution in [1.29, 1.82) is 0 Å². The zero-order chi connectivity index (χ0) is 30.8. The van der Waals surface area contributed by atoms with Crippen LogP contribution in [0.15, 0.2) is 91.0 Å². The lowest BCUT2D eigenvalue weighted by Gasteiger charge is -2.42. The number of hydrogen-bond acceptors (Lipinski definition) is 4. The smallest absolute Gasteiger partial charge is 0.258 e. The second-order valence-electron chi connectivity index (χ2n) is 11.6. The molecule has 0 spiro atoms. The highest BCUT2D eigenvalue weighted by atomic mass is 16.5. The summed E-state index contributed by atoms with van der Waals surface area (Å²) >= 11 is 0. The minimum Gasteiger partial charge on any atom is -0.493 e. The lowest BCUT2D eigenvalue weighted by atomic mass is 9.87. The number of nitrogens with zero attached hydrogens (tertiary/aromatic N) is 3. The Morgan fingerprint density at radius 1 is 0.795 bits per heavy atom. The highest BCUT2D eigenvalue weighted by Crippen LogP contribution is 2.45. The van der Waals surface area contributed by atoms with Crippen molar-refractivity contribution < 1.29 is 19.1 Å². The van der Waals surface area contributed by atoms with Crippen LogP contribution < -0.4 is 14.4 Å². The van der Waals surface area contributed by atoms with E-state index in [2.05, 4.69) is 71.3 Å². The molecule has 1 aliphatic rings. The van der Waals surface area contributed by atoms with Crippen molar-refractivity contribution in [2.45, 2.75) is 44.2 Å². The fraction of sp³-hybridized carbons (Fsp3) is 0.297. The van der Waals surface area contributed by atoms with Crippen LogP contribution >= 0.6 is 0 Å². The van der Waals surface area contributed by atoms with Gasteiger partial charge in [0, 0.05) is 59.6 Å². The molecule has 1 aliphatic heterocycles. The maximum atomic E-state index is 14.5. The molecule has 2 heterocycles. The topological polar surface area (TPSA) is 64.0 Å². The summed E-state index contributed by atoms with van der Waals surface area (Å²) in [5.74, 6) is 1.15. The van der Waals surface area contributed by atoms with Gasteiger partial charge in [0.1, 0.15) is 0 Å². The van der Waals surface area contributed by atoms with Crippen LogP contribution in [0.3, 0.4) is 0 Å². The number of hydrogen-bond donors (Lipinski definition) is 0. The third kappa shape index (κ3) is 5.27. The molecule has 226 valence electrons. The van der Waals surface area contributed by atoms with E-state index in [1.54, 1.807) is 51.4 Å². The highest BCUT2D eigenvalue weighted by Gasteiger charge is 2.38. The van der Waals surface area contributed by atoms with Crippen LogP contribution in [0.5, 0.6) is 11.5 Å². The van der Waals surface area contributed by atoms with Gasteiger partial charge in [-0.1, -0.05) is 61.0 Å². The maximum absolute atomic E-state index is 14.5. The summed E-state index contributed by atoms with van der Waals surface area (Å²) in [5, 5.41) is 2.45. The van der Waals surface area contributed by atoms with Crippen LogP contribution in [0.4, 0.5) is 5.69 Å². The van der Waals surface area contributed by atoms with Gasteiger partial charge in [0.15, 0.2) is 11.5 Å². The van der Waals surface area contributed by atoms with E-state index in [-0.39, 0.29) is 23.9 Å². The van der Waals surface area contributed by atoms with Gasteiger partial charge in [-0.25, -0.2) is 0 Å². The number of anilines is 1. The van der Waals surface area contributed by atoms with Crippen molar-refractivity contribution in [1.82, 2.24) is 9.47 Å². The van der Waals surface area contributed by atoms with Gasteiger partial charge >= 0.3 is 0 Å². The molecule has 7 heteroatoms. The molecular formula is C37H39N3O4. The fourth-order valence-electron chi connectivity index (χ4n) is 6.72. The Bertz CT molecular complexity index is 1770. The number of aromatic nitrogens is 1. The number of carbonyl (C=O) groups is 2. The maximum Gasteiger partial charge on any atom is 0.258 e. The second kappa shape index (κ2) is 12.4. The number of rotatable bonds is 9. The van der Waals surface area contributed by atoms with E-state index < -0.39 is 0 Å². The molecule has 0 N–H and O–H groups in total. The number of amides is 2. The molecule has 2 unspecified atom stereocenters. The van der Waals surface area contributed by atoms with E-state index in [9.17, 15) is 9.59 Å². The van der Waals surface area contributed by atoms with E-state index in [0.29, 0.717) is 23.5 Å². The van der Waals surface area contributed by atoms with E-state index >= 15 is 0 Å². The van der Waals surface area contributed by atoms with Crippen LogP contribution in [-0.4, -0.2) is 55.6 Å². The minimum atomic E-state index is -0.0788. The molecular weight excluding hydrogens is 550 g/mol. The number of benzene rings is 4. The molecule has 0 aliphatic carbocycles. The molecule has 2 atom stereocenters. The molecule has 44 heavy (non-hydrogen) atoms. The Morgan fingerprint density at radius 2 is 1.43 bits per heavy atom. The first-order valence-corrected chi connectivity index (χ1v) is 15.2. The molecule has 5 aromatic rings. The molecule has 1 aromatic heterocycles. The molecule has 0 bridgehead atoms. The van der Waals surface area contributed by atoms with Crippen molar-refractivity contribution in [3.8, 4) is 11.5 Å². The van der Waals surface area contributed by atoms with Gasteiger partial charge in [0.25, 0.3) is 5.91 Å². The fourth-order valence-corrected chi connectivity index (χ4v) is 6.72. The number of ether oxygens (including phenoxy) is 2. The van der Waals surface area contributed by atoms with E-state index in [0.717, 1.165) is 36.9 Å². The molecule has 2 amide bonds. The molecule has 7 nitrogen and oxygen atoms in total. The lowest BCUT2D eigenvalue weighted by Crippen LogP contribution is -2.46. The van der Waals surface area contributed by atoms with Gasteiger partial charge in [0.2, 0.25) is 5.91 Å². The number of carbonyl (C=O) groups excluding carboxylic acids is 2. The first-order chi connectivity index (χ1) is 21.4. The predicted molar refractivity (Wildman–Crippen MR) is 176 cm³/mol. The standard InChI is InChI=1S/C37H39N3O4/c1-38(2)36(41)20-12-5-13-26-24-33(40-30-17-9-6-14-27(30)28-15-7-10-18-31(28)40)29-16-8-11-19-32(29)39(26)37(42)25-21-22-34(43-3)35(23-25)44-4/h6-11,14-19,21-23,26,33H,5,12-13,20,24H2,1-4H3. The number of para-hydroxylation sites is 3. The van der Waals surface area contributed by atoms with Gasteiger partial charge in [-0.05, 0) is 61.2 Å². The van der Waals surface area contributed by atoms with Crippen molar-refractivity contribution in [2.75, 3.05) is 33.2 Å². The van der Waals surface area contributed by atoms with Gasteiger partial charge in [-0.15, -0.1) is 0 Å². The Labute approximate surface area is 258 Å². The molecule has 0 fully saturated rings. The number of methoxy groups -OCH3 is 2. The van der Waals surface area contributed by atoms with E-state index in [1.165, 1.54) is 21.8 Å². The molecule has 0 radical (unpaired) electrons. The van der Waals surface area contributed by atoms with Gasteiger partial charge in [0.05, 0.1) is 20.3 Å². The van der Waals surface area contributed by atoms with Crippen molar-refractivity contribution >= 4 is 39.3 Å². The first-order valence-electron chi connectivity index (χ1n) is 15.2. The van der Waals surface area contributed by atoms with Crippen LogP contribution in [0.25, 0.3) is 21.8 Å².